The standard InChI is InChI=1S/C11H11ClN4O3/c1-19-10-3-2-8(4-9(10)16(17)18)6-15-11(5-12)13-7-14-15/h2-4,7H,5-6H2,1H3. The van der Waals surface area contributed by atoms with Crippen LogP contribution >= 0.6 is 11.6 Å². The van der Waals surface area contributed by atoms with Crippen LogP contribution in [-0.2, 0) is 12.4 Å². The summed E-state index contributed by atoms with van der Waals surface area (Å²) in [7, 11) is 1.39. The lowest BCUT2D eigenvalue weighted by atomic mass is 10.2. The fraction of sp³-hybridized carbons (Fsp3) is 0.273. The quantitative estimate of drug-likeness (QED) is 0.476. The van der Waals surface area contributed by atoms with Crippen LogP contribution in [-0.4, -0.2) is 26.8 Å². The molecule has 2 aromatic rings. The van der Waals surface area contributed by atoms with Crippen LogP contribution in [0.4, 0.5) is 5.69 Å². The van der Waals surface area contributed by atoms with E-state index in [1.54, 1.807) is 16.8 Å². The summed E-state index contributed by atoms with van der Waals surface area (Å²) in [6, 6.07) is 4.76. The van der Waals surface area contributed by atoms with Gasteiger partial charge < -0.3 is 4.74 Å². The number of nitro groups is 1. The molecule has 7 nitrogen and oxygen atoms in total. The Kier molecular flexibility index (Phi) is 3.96. The van der Waals surface area contributed by atoms with Crippen LogP contribution < -0.4 is 4.74 Å². The van der Waals surface area contributed by atoms with Crippen molar-refractivity contribution in [3.05, 3.63) is 46.0 Å². The highest BCUT2D eigenvalue weighted by atomic mass is 35.5. The highest BCUT2D eigenvalue weighted by Crippen LogP contribution is 2.27. The smallest absolute Gasteiger partial charge is 0.311 e. The summed E-state index contributed by atoms with van der Waals surface area (Å²) in [5.41, 5.74) is 0.650. The second kappa shape index (κ2) is 5.66. The maximum absolute atomic E-state index is 10.9. The largest absolute Gasteiger partial charge is 0.490 e. The van der Waals surface area contributed by atoms with E-state index < -0.39 is 4.92 Å². The first-order chi connectivity index (χ1) is 9.15. The molecule has 1 aromatic carbocycles. The van der Waals surface area contributed by atoms with E-state index in [0.29, 0.717) is 12.4 Å². The lowest BCUT2D eigenvalue weighted by Crippen LogP contribution is -2.06. The van der Waals surface area contributed by atoms with Crippen molar-refractivity contribution in [3.63, 3.8) is 0 Å². The third-order valence-electron chi connectivity index (χ3n) is 2.59. The number of nitrogens with zero attached hydrogens (tertiary/aromatic N) is 4. The van der Waals surface area contributed by atoms with E-state index in [4.69, 9.17) is 16.3 Å². The molecule has 0 unspecified atom stereocenters. The number of ether oxygens (including phenoxy) is 1. The topological polar surface area (TPSA) is 83.1 Å². The summed E-state index contributed by atoms with van der Waals surface area (Å²) in [5, 5.41) is 14.9. The van der Waals surface area contributed by atoms with E-state index >= 15 is 0 Å². The fourth-order valence-corrected chi connectivity index (χ4v) is 1.88. The van der Waals surface area contributed by atoms with Crippen molar-refractivity contribution in [2.75, 3.05) is 7.11 Å². The van der Waals surface area contributed by atoms with E-state index in [9.17, 15) is 10.1 Å². The maximum Gasteiger partial charge on any atom is 0.311 e. The molecule has 19 heavy (non-hydrogen) atoms. The number of halogens is 1. The average molecular weight is 283 g/mol. The second-order valence-corrected chi connectivity index (χ2v) is 4.00. The second-order valence-electron chi connectivity index (χ2n) is 3.73. The van der Waals surface area contributed by atoms with Crippen molar-refractivity contribution in [1.82, 2.24) is 14.8 Å². The van der Waals surface area contributed by atoms with Gasteiger partial charge in [-0.15, -0.1) is 11.6 Å². The first kappa shape index (κ1) is 13.3. The molecule has 0 aliphatic heterocycles. The minimum Gasteiger partial charge on any atom is -0.490 e. The SMILES string of the molecule is COc1ccc(Cn2ncnc2CCl)cc1[N+](=O)[O-]. The Labute approximate surface area is 113 Å². The normalized spacial score (nSPS) is 10.4. The molecule has 0 saturated heterocycles. The minimum atomic E-state index is -0.480. The molecule has 100 valence electrons. The van der Waals surface area contributed by atoms with Crippen molar-refractivity contribution >= 4 is 17.3 Å². The summed E-state index contributed by atoms with van der Waals surface area (Å²) >= 11 is 5.72. The zero-order valence-electron chi connectivity index (χ0n) is 10.1. The van der Waals surface area contributed by atoms with E-state index in [0.717, 1.165) is 5.56 Å². The van der Waals surface area contributed by atoms with Crippen molar-refractivity contribution in [3.8, 4) is 5.75 Å². The van der Waals surface area contributed by atoms with E-state index in [1.165, 1.54) is 19.5 Å². The number of hydrogen-bond acceptors (Lipinski definition) is 5. The van der Waals surface area contributed by atoms with Gasteiger partial charge in [0.05, 0.1) is 24.5 Å². The molecule has 2 rings (SSSR count). The lowest BCUT2D eigenvalue weighted by Gasteiger charge is -2.06. The van der Waals surface area contributed by atoms with Gasteiger partial charge in [0.2, 0.25) is 0 Å². The number of methoxy groups -OCH3 is 1. The van der Waals surface area contributed by atoms with Gasteiger partial charge in [0.1, 0.15) is 12.2 Å². The van der Waals surface area contributed by atoms with Crippen molar-refractivity contribution < 1.29 is 9.66 Å². The molecule has 0 N–H and O–H groups in total. The van der Waals surface area contributed by atoms with Crippen molar-refractivity contribution in [2.45, 2.75) is 12.4 Å². The van der Waals surface area contributed by atoms with Gasteiger partial charge in [-0.3, -0.25) is 10.1 Å². The number of aromatic nitrogens is 3. The lowest BCUT2D eigenvalue weighted by molar-refractivity contribution is -0.385. The fourth-order valence-electron chi connectivity index (χ4n) is 1.67. The van der Waals surface area contributed by atoms with Crippen LogP contribution in [0.3, 0.4) is 0 Å². The minimum absolute atomic E-state index is 0.0764. The Morgan fingerprint density at radius 1 is 1.53 bits per heavy atom. The van der Waals surface area contributed by atoms with E-state index in [2.05, 4.69) is 10.1 Å². The van der Waals surface area contributed by atoms with Crippen LogP contribution in [0.1, 0.15) is 11.4 Å². The molecule has 1 heterocycles. The Morgan fingerprint density at radius 3 is 2.95 bits per heavy atom. The summed E-state index contributed by atoms with van der Waals surface area (Å²) in [5.74, 6) is 1.07. The van der Waals surface area contributed by atoms with E-state index in [-0.39, 0.29) is 17.3 Å². The van der Waals surface area contributed by atoms with Gasteiger partial charge in [-0.2, -0.15) is 5.10 Å². The molecule has 0 atom stereocenters. The predicted molar refractivity (Wildman–Crippen MR) is 68.3 cm³/mol. The Balaban J connectivity index is 2.31. The van der Waals surface area contributed by atoms with Gasteiger partial charge in [-0.1, -0.05) is 6.07 Å². The summed E-state index contributed by atoms with van der Waals surface area (Å²) in [6.45, 7) is 0.368. The van der Waals surface area contributed by atoms with Crippen molar-refractivity contribution in [2.24, 2.45) is 0 Å². The Hall–Kier alpha value is -2.15. The molecule has 0 spiro atoms. The van der Waals surface area contributed by atoms with Crippen LogP contribution in [0.25, 0.3) is 0 Å². The summed E-state index contributed by atoms with van der Waals surface area (Å²) in [6.07, 6.45) is 1.40. The zero-order valence-corrected chi connectivity index (χ0v) is 10.9. The molecule has 0 bridgehead atoms. The number of alkyl halides is 1. The van der Waals surface area contributed by atoms with Gasteiger partial charge in [0.15, 0.2) is 5.75 Å². The number of rotatable bonds is 5. The van der Waals surface area contributed by atoms with Gasteiger partial charge in [0, 0.05) is 6.07 Å². The zero-order chi connectivity index (χ0) is 13.8. The molecular weight excluding hydrogens is 272 g/mol. The molecule has 8 heteroatoms. The first-order valence-electron chi connectivity index (χ1n) is 5.39. The molecule has 0 aliphatic rings. The third-order valence-corrected chi connectivity index (χ3v) is 2.83. The average Bonchev–Trinajstić information content (AvgIpc) is 2.85. The van der Waals surface area contributed by atoms with Crippen molar-refractivity contribution in [1.29, 1.82) is 0 Å². The first-order valence-corrected chi connectivity index (χ1v) is 5.93. The predicted octanol–water partition coefficient (Wildman–Crippen LogP) is 1.98. The number of hydrogen-bond donors (Lipinski definition) is 0. The highest BCUT2D eigenvalue weighted by Gasteiger charge is 2.15. The van der Waals surface area contributed by atoms with Gasteiger partial charge in [-0.25, -0.2) is 9.67 Å². The van der Waals surface area contributed by atoms with E-state index in [1.807, 2.05) is 0 Å². The molecule has 0 radical (unpaired) electrons. The summed E-state index contributed by atoms with van der Waals surface area (Å²) < 4.78 is 6.54. The summed E-state index contributed by atoms with van der Waals surface area (Å²) in [4.78, 5) is 14.4. The van der Waals surface area contributed by atoms with Crippen LogP contribution in [0.15, 0.2) is 24.5 Å². The molecule has 1 aromatic heterocycles. The Bertz CT molecular complexity index is 599. The van der Waals surface area contributed by atoms with Gasteiger partial charge in [-0.05, 0) is 11.6 Å². The monoisotopic (exact) mass is 282 g/mol. The highest BCUT2D eigenvalue weighted by molar-refractivity contribution is 6.16. The third kappa shape index (κ3) is 2.82. The molecule has 0 amide bonds. The molecule has 0 saturated carbocycles. The molecular formula is C11H11ClN4O3. The Morgan fingerprint density at radius 2 is 2.32 bits per heavy atom. The van der Waals surface area contributed by atoms with Gasteiger partial charge >= 0.3 is 5.69 Å². The molecule has 0 aliphatic carbocycles. The van der Waals surface area contributed by atoms with Gasteiger partial charge in [0.25, 0.3) is 0 Å². The number of nitro benzene ring substituents is 1. The van der Waals surface area contributed by atoms with Crippen LogP contribution in [0, 0.1) is 10.1 Å². The van der Waals surface area contributed by atoms with Crippen LogP contribution in [0.2, 0.25) is 0 Å². The number of benzene rings is 1. The maximum atomic E-state index is 10.9. The molecule has 0 fully saturated rings. The van der Waals surface area contributed by atoms with Crippen LogP contribution in [0.5, 0.6) is 5.75 Å².